The summed E-state index contributed by atoms with van der Waals surface area (Å²) in [5, 5.41) is 14.7. The first-order chi connectivity index (χ1) is 13.3. The molecule has 7 nitrogen and oxygen atoms in total. The lowest BCUT2D eigenvalue weighted by Crippen LogP contribution is -2.33. The SMILES string of the molecule is C[C@H](CNC(=O)O)Nc1nc(SCc2cccc(Cl)c2F)nc2nc(Br)sc12. The topological polar surface area (TPSA) is 100 Å². The third-order valence-electron chi connectivity index (χ3n) is 3.54. The van der Waals surface area contributed by atoms with E-state index in [1.165, 1.54) is 29.2 Å². The lowest BCUT2D eigenvalue weighted by Gasteiger charge is -2.15. The second-order valence-corrected chi connectivity index (χ2v) is 9.33. The van der Waals surface area contributed by atoms with E-state index >= 15 is 0 Å². The maximum atomic E-state index is 14.1. The lowest BCUT2D eigenvalue weighted by molar-refractivity contribution is 0.194. The van der Waals surface area contributed by atoms with Gasteiger partial charge in [0.2, 0.25) is 0 Å². The molecule has 0 unspecified atom stereocenters. The normalized spacial score (nSPS) is 12.1. The quantitative estimate of drug-likeness (QED) is 0.306. The van der Waals surface area contributed by atoms with Crippen molar-refractivity contribution in [3.05, 3.63) is 38.5 Å². The molecule has 0 radical (unpaired) electrons. The summed E-state index contributed by atoms with van der Waals surface area (Å²) in [6, 6.07) is 4.63. The molecule has 148 valence electrons. The first-order valence-corrected chi connectivity index (χ1v) is 10.9. The third kappa shape index (κ3) is 5.22. The molecular formula is C16H14BrClFN5O2S2. The van der Waals surface area contributed by atoms with Crippen molar-refractivity contribution in [1.29, 1.82) is 0 Å². The Kier molecular flexibility index (Phi) is 6.91. The molecule has 0 saturated carbocycles. The van der Waals surface area contributed by atoms with Crippen molar-refractivity contribution in [1.82, 2.24) is 20.3 Å². The fraction of sp³-hybridized carbons (Fsp3) is 0.250. The highest BCUT2D eigenvalue weighted by atomic mass is 79.9. The van der Waals surface area contributed by atoms with E-state index in [1.807, 2.05) is 6.92 Å². The van der Waals surface area contributed by atoms with Gasteiger partial charge in [-0.2, -0.15) is 0 Å². The number of fused-ring (bicyclic) bond motifs is 1. The molecule has 0 aliphatic heterocycles. The molecule has 3 rings (SSSR count). The zero-order valence-electron chi connectivity index (χ0n) is 14.4. The number of carbonyl (C=O) groups is 1. The minimum absolute atomic E-state index is 0.0695. The minimum Gasteiger partial charge on any atom is -0.465 e. The average molecular weight is 507 g/mol. The van der Waals surface area contributed by atoms with Gasteiger partial charge >= 0.3 is 6.09 Å². The molecule has 0 bridgehead atoms. The molecule has 28 heavy (non-hydrogen) atoms. The van der Waals surface area contributed by atoms with E-state index in [1.54, 1.807) is 12.1 Å². The van der Waals surface area contributed by atoms with Crippen LogP contribution in [0.4, 0.5) is 15.0 Å². The van der Waals surface area contributed by atoms with E-state index in [-0.39, 0.29) is 17.6 Å². The molecule has 0 spiro atoms. The molecule has 0 aliphatic carbocycles. The summed E-state index contributed by atoms with van der Waals surface area (Å²) in [5.41, 5.74) is 0.955. The van der Waals surface area contributed by atoms with Gasteiger partial charge in [0.1, 0.15) is 10.5 Å². The highest BCUT2D eigenvalue weighted by molar-refractivity contribution is 9.11. The van der Waals surface area contributed by atoms with Crippen LogP contribution >= 0.6 is 50.6 Å². The molecule has 3 N–H and O–H groups in total. The van der Waals surface area contributed by atoms with Crippen molar-refractivity contribution in [2.75, 3.05) is 11.9 Å². The molecule has 2 heterocycles. The Labute approximate surface area is 181 Å². The fourth-order valence-corrected chi connectivity index (χ4v) is 4.61. The van der Waals surface area contributed by atoms with E-state index in [4.69, 9.17) is 16.7 Å². The molecular weight excluding hydrogens is 493 g/mol. The monoisotopic (exact) mass is 505 g/mol. The number of aromatic nitrogens is 3. The maximum Gasteiger partial charge on any atom is 0.404 e. The summed E-state index contributed by atoms with van der Waals surface area (Å²) in [7, 11) is 0. The zero-order valence-corrected chi connectivity index (χ0v) is 18.3. The largest absolute Gasteiger partial charge is 0.465 e. The molecule has 2 aromatic heterocycles. The summed E-state index contributed by atoms with van der Waals surface area (Å²) >= 11 is 11.8. The second-order valence-electron chi connectivity index (χ2n) is 5.71. The van der Waals surface area contributed by atoms with Crippen LogP contribution in [0.2, 0.25) is 5.02 Å². The van der Waals surface area contributed by atoms with Crippen LogP contribution in [0.15, 0.2) is 27.3 Å². The molecule has 0 aliphatic rings. The Morgan fingerprint density at radius 1 is 1.43 bits per heavy atom. The first-order valence-electron chi connectivity index (χ1n) is 7.96. The van der Waals surface area contributed by atoms with E-state index in [2.05, 4.69) is 41.5 Å². The van der Waals surface area contributed by atoms with E-state index in [0.717, 1.165) is 4.70 Å². The number of anilines is 1. The van der Waals surface area contributed by atoms with Crippen LogP contribution < -0.4 is 10.6 Å². The van der Waals surface area contributed by atoms with Crippen LogP contribution in [-0.2, 0) is 5.75 Å². The predicted molar refractivity (Wildman–Crippen MR) is 113 cm³/mol. The van der Waals surface area contributed by atoms with Crippen LogP contribution in [0.25, 0.3) is 10.3 Å². The number of nitrogens with zero attached hydrogens (tertiary/aromatic N) is 3. The molecule has 1 atom stereocenters. The first kappa shape index (κ1) is 21.0. The summed E-state index contributed by atoms with van der Waals surface area (Å²) < 4.78 is 15.5. The number of amides is 1. The highest BCUT2D eigenvalue weighted by Crippen LogP contribution is 2.33. The number of hydrogen-bond donors (Lipinski definition) is 3. The highest BCUT2D eigenvalue weighted by Gasteiger charge is 2.16. The number of thioether (sulfide) groups is 1. The van der Waals surface area contributed by atoms with Gasteiger partial charge < -0.3 is 15.7 Å². The van der Waals surface area contributed by atoms with Crippen LogP contribution in [0.5, 0.6) is 0 Å². The lowest BCUT2D eigenvalue weighted by atomic mass is 10.2. The van der Waals surface area contributed by atoms with E-state index in [9.17, 15) is 9.18 Å². The molecule has 1 aromatic carbocycles. The number of halogens is 3. The Hall–Kier alpha value is -1.69. The van der Waals surface area contributed by atoms with E-state index in [0.29, 0.717) is 31.9 Å². The number of benzene rings is 1. The smallest absolute Gasteiger partial charge is 0.404 e. The Morgan fingerprint density at radius 3 is 2.96 bits per heavy atom. The van der Waals surface area contributed by atoms with Crippen molar-refractivity contribution in [2.45, 2.75) is 23.9 Å². The van der Waals surface area contributed by atoms with E-state index < -0.39 is 11.9 Å². The Morgan fingerprint density at radius 2 is 2.21 bits per heavy atom. The summed E-state index contributed by atoms with van der Waals surface area (Å²) in [5.74, 6) is 0.390. The number of carboxylic acid groups (broad SMARTS) is 1. The third-order valence-corrected chi connectivity index (χ3v) is 6.23. The molecule has 0 fully saturated rings. The maximum absolute atomic E-state index is 14.1. The summed E-state index contributed by atoms with van der Waals surface area (Å²) in [6.07, 6.45) is -1.10. The van der Waals surface area contributed by atoms with Gasteiger partial charge in [-0.25, -0.2) is 24.1 Å². The van der Waals surface area contributed by atoms with Crippen molar-refractivity contribution in [3.63, 3.8) is 0 Å². The van der Waals surface area contributed by atoms with Crippen LogP contribution in [0.1, 0.15) is 12.5 Å². The van der Waals surface area contributed by atoms with Crippen molar-refractivity contribution in [2.24, 2.45) is 0 Å². The Balaban J connectivity index is 1.82. The minimum atomic E-state index is -1.10. The van der Waals surface area contributed by atoms with Gasteiger partial charge in [-0.1, -0.05) is 35.5 Å². The van der Waals surface area contributed by atoms with Gasteiger partial charge in [-0.05, 0) is 34.5 Å². The van der Waals surface area contributed by atoms with Gasteiger partial charge in [0.25, 0.3) is 0 Å². The van der Waals surface area contributed by atoms with Gasteiger partial charge in [-0.3, -0.25) is 0 Å². The van der Waals surface area contributed by atoms with Gasteiger partial charge in [0.05, 0.1) is 5.02 Å². The Bertz CT molecular complexity index is 1020. The van der Waals surface area contributed by atoms with Crippen molar-refractivity contribution in [3.8, 4) is 0 Å². The number of nitrogens with one attached hydrogen (secondary N) is 2. The average Bonchev–Trinajstić information content (AvgIpc) is 3.02. The van der Waals surface area contributed by atoms with Gasteiger partial charge in [0.15, 0.2) is 20.5 Å². The van der Waals surface area contributed by atoms with Crippen molar-refractivity contribution < 1.29 is 14.3 Å². The van der Waals surface area contributed by atoms with Crippen LogP contribution in [-0.4, -0.2) is 38.7 Å². The van der Waals surface area contributed by atoms with Crippen LogP contribution in [0.3, 0.4) is 0 Å². The van der Waals surface area contributed by atoms with Gasteiger partial charge in [-0.15, -0.1) is 11.3 Å². The zero-order chi connectivity index (χ0) is 20.3. The second kappa shape index (κ2) is 9.21. The summed E-state index contributed by atoms with van der Waals surface area (Å²) in [6.45, 7) is 2.03. The molecule has 3 aromatic rings. The van der Waals surface area contributed by atoms with Crippen LogP contribution in [0, 0.1) is 5.82 Å². The fourth-order valence-electron chi connectivity index (χ4n) is 2.27. The summed E-state index contributed by atoms with van der Waals surface area (Å²) in [4.78, 5) is 23.9. The van der Waals surface area contributed by atoms with Crippen molar-refractivity contribution >= 4 is 72.9 Å². The molecule has 0 saturated heterocycles. The van der Waals surface area contributed by atoms with Gasteiger partial charge in [0, 0.05) is 18.3 Å². The number of hydrogen-bond acceptors (Lipinski definition) is 7. The molecule has 1 amide bonds. The number of thiazole rings is 1. The molecule has 12 heteroatoms. The standard InChI is InChI=1S/C16H14BrClFN5O2S2/c1-7(5-20-16(25)26)21-12-11-13(22-14(17)28-11)24-15(23-12)27-6-8-3-2-4-9(18)10(8)19/h2-4,7,20H,5-6H2,1H3,(H,25,26)(H,21,23,24)/t7-/m1/s1. The number of rotatable bonds is 7. The predicted octanol–water partition coefficient (Wildman–Crippen LogP) is 5.00.